The molecule has 1 aromatic carbocycles. The third-order valence-corrected chi connectivity index (χ3v) is 10.3. The maximum absolute atomic E-state index is 13.1. The van der Waals surface area contributed by atoms with Gasteiger partial charge in [0.1, 0.15) is 11.4 Å². The van der Waals surface area contributed by atoms with Crippen LogP contribution >= 0.6 is 0 Å². The molecule has 0 unspecified atom stereocenters. The number of benzene rings is 1. The second kappa shape index (κ2) is 11.6. The normalized spacial score (nSPS) is 24.1. The molecule has 1 spiro atoms. The summed E-state index contributed by atoms with van der Waals surface area (Å²) in [7, 11) is -3.46. The Morgan fingerprint density at radius 2 is 1.89 bits per heavy atom. The molecular formula is C28H42N4O4S. The van der Waals surface area contributed by atoms with Crippen molar-refractivity contribution in [1.29, 1.82) is 0 Å². The molecule has 0 atom stereocenters. The molecule has 0 bridgehead atoms. The Kier molecular flexibility index (Phi) is 8.74. The van der Waals surface area contributed by atoms with Crippen LogP contribution in [-0.2, 0) is 26.0 Å². The van der Waals surface area contributed by atoms with Crippen LogP contribution in [0, 0.1) is 18.8 Å². The zero-order chi connectivity index (χ0) is 26.6. The summed E-state index contributed by atoms with van der Waals surface area (Å²) in [6.07, 6.45) is 9.66. The minimum atomic E-state index is -3.46. The molecule has 37 heavy (non-hydrogen) atoms. The van der Waals surface area contributed by atoms with Gasteiger partial charge in [0.15, 0.2) is 0 Å². The van der Waals surface area contributed by atoms with Crippen LogP contribution < -0.4 is 10.6 Å². The van der Waals surface area contributed by atoms with E-state index in [0.717, 1.165) is 35.7 Å². The smallest absolute Gasteiger partial charge is 0.253 e. The number of hydrogen-bond acceptors (Lipinski definition) is 5. The summed E-state index contributed by atoms with van der Waals surface area (Å²) < 4.78 is 27.8. The predicted octanol–water partition coefficient (Wildman–Crippen LogP) is 4.19. The van der Waals surface area contributed by atoms with Crippen molar-refractivity contribution in [2.75, 3.05) is 24.2 Å². The number of carbonyl (C=O) groups is 2. The third kappa shape index (κ3) is 6.60. The number of anilines is 1. The van der Waals surface area contributed by atoms with E-state index < -0.39 is 15.6 Å². The lowest BCUT2D eigenvalue weighted by atomic mass is 9.79. The van der Waals surface area contributed by atoms with Gasteiger partial charge in [-0.2, -0.15) is 0 Å². The van der Waals surface area contributed by atoms with Crippen molar-refractivity contribution in [3.05, 3.63) is 29.3 Å². The van der Waals surface area contributed by atoms with Crippen LogP contribution in [0.1, 0.15) is 82.8 Å². The van der Waals surface area contributed by atoms with E-state index in [1.54, 1.807) is 6.07 Å². The molecule has 0 aromatic heterocycles. The van der Waals surface area contributed by atoms with Crippen molar-refractivity contribution in [2.24, 2.45) is 16.8 Å². The number of nitrogens with one attached hydrogen (secondary N) is 2. The molecule has 4 rings (SSSR count). The molecule has 0 radical (unpaired) electrons. The van der Waals surface area contributed by atoms with Gasteiger partial charge in [-0.1, -0.05) is 32.3 Å². The van der Waals surface area contributed by atoms with Crippen LogP contribution in [0.5, 0.6) is 0 Å². The zero-order valence-electron chi connectivity index (χ0n) is 22.5. The van der Waals surface area contributed by atoms with E-state index >= 15 is 0 Å². The number of rotatable bonds is 9. The predicted molar refractivity (Wildman–Crippen MR) is 147 cm³/mol. The maximum Gasteiger partial charge on any atom is 0.253 e. The first-order chi connectivity index (χ1) is 17.6. The van der Waals surface area contributed by atoms with Crippen molar-refractivity contribution in [3.63, 3.8) is 0 Å². The Morgan fingerprint density at radius 1 is 1.19 bits per heavy atom. The van der Waals surface area contributed by atoms with E-state index in [1.165, 1.54) is 43.3 Å². The average Bonchev–Trinajstić information content (AvgIpc) is 3.17. The van der Waals surface area contributed by atoms with Crippen molar-refractivity contribution in [1.82, 2.24) is 9.62 Å². The third-order valence-electron chi connectivity index (χ3n) is 8.43. The minimum Gasteiger partial charge on any atom is -0.326 e. The highest BCUT2D eigenvalue weighted by atomic mass is 32.2. The van der Waals surface area contributed by atoms with Crippen LogP contribution in [0.15, 0.2) is 23.2 Å². The standard InChI is InChI=1S/C28H42N4O4S/c1-4-5-6-22-7-9-24(10-8-22)26-30-27(34)28(31-26)14-16-32(17-15-28)37(35,36)18-13-23-11-12-25(19-20(23)2)29-21(3)33/h11-12,19,22,24H,4-10,13-18H2,1-3H3,(H,29,33)(H,30,31,34). The molecule has 2 heterocycles. The van der Waals surface area contributed by atoms with Gasteiger partial charge < -0.3 is 10.6 Å². The fraction of sp³-hybridized carbons (Fsp3) is 0.679. The van der Waals surface area contributed by atoms with Gasteiger partial charge in [0.25, 0.3) is 5.91 Å². The molecule has 3 aliphatic rings. The summed E-state index contributed by atoms with van der Waals surface area (Å²) in [6, 6.07) is 5.53. The molecule has 2 N–H and O–H groups in total. The van der Waals surface area contributed by atoms with Gasteiger partial charge >= 0.3 is 0 Å². The van der Waals surface area contributed by atoms with Crippen molar-refractivity contribution < 1.29 is 18.0 Å². The van der Waals surface area contributed by atoms with Crippen LogP contribution in [0.4, 0.5) is 5.69 Å². The average molecular weight is 531 g/mol. The highest BCUT2D eigenvalue weighted by Crippen LogP contribution is 2.37. The number of unbranched alkanes of at least 4 members (excludes halogenated alkanes) is 1. The van der Waals surface area contributed by atoms with Gasteiger partial charge in [0.2, 0.25) is 15.9 Å². The molecule has 1 saturated carbocycles. The summed E-state index contributed by atoms with van der Waals surface area (Å²) in [5, 5.41) is 5.83. The highest BCUT2D eigenvalue weighted by Gasteiger charge is 2.48. The van der Waals surface area contributed by atoms with Crippen LogP contribution in [0.3, 0.4) is 0 Å². The largest absolute Gasteiger partial charge is 0.326 e. The number of amidine groups is 1. The van der Waals surface area contributed by atoms with Crippen LogP contribution in [0.2, 0.25) is 0 Å². The van der Waals surface area contributed by atoms with Crippen molar-refractivity contribution >= 4 is 33.4 Å². The molecule has 2 fully saturated rings. The monoisotopic (exact) mass is 530 g/mol. The van der Waals surface area contributed by atoms with Gasteiger partial charge in [-0.3, -0.25) is 14.6 Å². The maximum atomic E-state index is 13.1. The Bertz CT molecular complexity index is 1130. The van der Waals surface area contributed by atoms with Crippen molar-refractivity contribution in [2.45, 2.75) is 90.5 Å². The summed E-state index contributed by atoms with van der Waals surface area (Å²) in [5.74, 6) is 1.79. The lowest BCUT2D eigenvalue weighted by Crippen LogP contribution is -2.51. The molecule has 1 saturated heterocycles. The lowest BCUT2D eigenvalue weighted by molar-refractivity contribution is -0.125. The molecule has 2 amide bonds. The molecule has 2 aliphatic heterocycles. The number of aliphatic imine (C=N–C) groups is 1. The van der Waals surface area contributed by atoms with E-state index in [0.29, 0.717) is 44.0 Å². The number of nitrogens with zero attached hydrogens (tertiary/aromatic N) is 2. The van der Waals surface area contributed by atoms with Crippen LogP contribution in [-0.4, -0.2) is 54.8 Å². The molecular weight excluding hydrogens is 488 g/mol. The molecule has 9 heteroatoms. The SMILES string of the molecule is CCCCC1CCC(C2=NC3(CCN(S(=O)(=O)CCc4ccc(NC(C)=O)cc4C)CC3)C(=O)N2)CC1. The number of hydrogen-bond donors (Lipinski definition) is 2. The van der Waals surface area contributed by atoms with Gasteiger partial charge in [-0.25, -0.2) is 12.7 Å². The Morgan fingerprint density at radius 3 is 2.51 bits per heavy atom. The van der Waals surface area contributed by atoms with Gasteiger partial charge in [0.05, 0.1) is 5.75 Å². The number of carbonyl (C=O) groups excluding carboxylic acids is 2. The fourth-order valence-corrected chi connectivity index (χ4v) is 7.53. The topological polar surface area (TPSA) is 108 Å². The van der Waals surface area contributed by atoms with Gasteiger partial charge in [-0.15, -0.1) is 0 Å². The second-order valence-electron chi connectivity index (χ2n) is 11.1. The van der Waals surface area contributed by atoms with E-state index in [9.17, 15) is 18.0 Å². The Hall–Kier alpha value is -2.26. The number of sulfonamides is 1. The first-order valence-corrected chi connectivity index (χ1v) is 15.5. The zero-order valence-corrected chi connectivity index (χ0v) is 23.3. The van der Waals surface area contributed by atoms with E-state index in [1.807, 2.05) is 19.1 Å². The van der Waals surface area contributed by atoms with Gasteiger partial charge in [-0.05, 0) is 81.0 Å². The first kappa shape index (κ1) is 27.8. The van der Waals surface area contributed by atoms with Gasteiger partial charge in [0, 0.05) is 31.6 Å². The Balaban J connectivity index is 1.31. The minimum absolute atomic E-state index is 0.0162. The number of aryl methyl sites for hydroxylation is 2. The van der Waals surface area contributed by atoms with Crippen molar-refractivity contribution in [3.8, 4) is 0 Å². The fourth-order valence-electron chi connectivity index (χ4n) is 6.05. The molecule has 8 nitrogen and oxygen atoms in total. The van der Waals surface area contributed by atoms with E-state index in [2.05, 4.69) is 17.6 Å². The lowest BCUT2D eigenvalue weighted by Gasteiger charge is -2.34. The second-order valence-corrected chi connectivity index (χ2v) is 13.2. The van der Waals surface area contributed by atoms with Crippen LogP contribution in [0.25, 0.3) is 0 Å². The summed E-state index contributed by atoms with van der Waals surface area (Å²) in [5.41, 5.74) is 1.79. The quantitative estimate of drug-likeness (QED) is 0.499. The highest BCUT2D eigenvalue weighted by molar-refractivity contribution is 7.89. The summed E-state index contributed by atoms with van der Waals surface area (Å²) in [6.45, 7) is 6.25. The summed E-state index contributed by atoms with van der Waals surface area (Å²) >= 11 is 0. The molecule has 1 aromatic rings. The summed E-state index contributed by atoms with van der Waals surface area (Å²) in [4.78, 5) is 29.2. The molecule has 1 aliphatic carbocycles. The number of amides is 2. The van der Waals surface area contributed by atoms with E-state index in [-0.39, 0.29) is 17.6 Å². The number of piperidine rings is 1. The van der Waals surface area contributed by atoms with E-state index in [4.69, 9.17) is 4.99 Å². The first-order valence-electron chi connectivity index (χ1n) is 13.9. The molecule has 204 valence electrons. The Labute approximate surface area is 221 Å².